The van der Waals surface area contributed by atoms with Gasteiger partial charge in [0.05, 0.1) is 11.9 Å². The number of likely N-dealkylation sites (tertiary alicyclic amines) is 1. The summed E-state index contributed by atoms with van der Waals surface area (Å²) in [6.07, 6.45) is 8.32. The molecule has 1 fully saturated rings. The number of anilines is 1. The minimum atomic E-state index is -0.407. The van der Waals surface area contributed by atoms with Crippen LogP contribution in [0.4, 0.5) is 10.2 Å². The van der Waals surface area contributed by atoms with Crippen LogP contribution in [-0.4, -0.2) is 58.5 Å². The van der Waals surface area contributed by atoms with Gasteiger partial charge in [-0.2, -0.15) is 5.26 Å². The highest BCUT2D eigenvalue weighted by molar-refractivity contribution is 14.1. The third-order valence-electron chi connectivity index (χ3n) is 7.83. The van der Waals surface area contributed by atoms with Gasteiger partial charge in [-0.1, -0.05) is 12.1 Å². The molecule has 0 atom stereocenters. The maximum absolute atomic E-state index is 13.5. The van der Waals surface area contributed by atoms with Crippen molar-refractivity contribution in [1.82, 2.24) is 39.4 Å². The normalized spacial score (nSPS) is 14.0. The molecule has 1 aliphatic heterocycles. The first-order valence-electron chi connectivity index (χ1n) is 14.5. The number of nitrogens with one attached hydrogen (secondary N) is 1. The van der Waals surface area contributed by atoms with E-state index in [0.29, 0.717) is 23.4 Å². The van der Waals surface area contributed by atoms with Gasteiger partial charge in [-0.25, -0.2) is 34.3 Å². The Balaban J connectivity index is 1.13. The largest absolute Gasteiger partial charge is 0.367 e. The number of hydrogen-bond donors (Lipinski definition) is 1. The molecule has 0 unspecified atom stereocenters. The molecule has 1 aliphatic rings. The molecule has 222 valence electrons. The summed E-state index contributed by atoms with van der Waals surface area (Å²) in [5, 5.41) is 13.4. The van der Waals surface area contributed by atoms with Gasteiger partial charge in [0.25, 0.3) is 0 Å². The summed E-state index contributed by atoms with van der Waals surface area (Å²) in [7, 11) is 0. The number of aromatic nitrogens is 7. The summed E-state index contributed by atoms with van der Waals surface area (Å²) in [6, 6.07) is 21.7. The molecule has 1 N–H and O–H groups in total. The first kappa shape index (κ1) is 28.9. The van der Waals surface area contributed by atoms with E-state index in [1.807, 2.05) is 12.1 Å². The minimum absolute atomic E-state index is 0.175. The number of piperidine rings is 1. The fourth-order valence-corrected chi connectivity index (χ4v) is 6.22. The zero-order valence-electron chi connectivity index (χ0n) is 24.0. The second kappa shape index (κ2) is 12.6. The predicted molar refractivity (Wildman–Crippen MR) is 177 cm³/mol. The van der Waals surface area contributed by atoms with Gasteiger partial charge in [-0.15, -0.1) is 0 Å². The summed E-state index contributed by atoms with van der Waals surface area (Å²) >= 11 is 2.26. The van der Waals surface area contributed by atoms with Crippen LogP contribution in [0, 0.1) is 20.8 Å². The number of pyridine rings is 2. The molecule has 1 aromatic carbocycles. The van der Waals surface area contributed by atoms with Crippen molar-refractivity contribution >= 4 is 39.4 Å². The number of fused-ring (bicyclic) bond motifs is 1. The molecular formula is C33H26FIN10. The maximum atomic E-state index is 13.5. The fraction of sp³-hybridized carbons (Fsp3) is 0.182. The van der Waals surface area contributed by atoms with Gasteiger partial charge >= 0.3 is 0 Å². The van der Waals surface area contributed by atoms with Gasteiger partial charge in [0.2, 0.25) is 5.82 Å². The zero-order valence-corrected chi connectivity index (χ0v) is 26.1. The average Bonchev–Trinajstić information content (AvgIpc) is 3.45. The van der Waals surface area contributed by atoms with Crippen LogP contribution in [0.2, 0.25) is 0 Å². The number of nitriles is 1. The Hall–Kier alpha value is -4.87. The van der Waals surface area contributed by atoms with Gasteiger partial charge < -0.3 is 5.32 Å². The van der Waals surface area contributed by atoms with Crippen molar-refractivity contribution in [2.45, 2.75) is 25.4 Å². The second-order valence-electron chi connectivity index (χ2n) is 10.8. The van der Waals surface area contributed by atoms with Crippen molar-refractivity contribution in [3.05, 3.63) is 106 Å². The molecule has 0 amide bonds. The highest BCUT2D eigenvalue weighted by atomic mass is 127. The van der Waals surface area contributed by atoms with Crippen LogP contribution in [0.15, 0.2) is 85.5 Å². The number of halogens is 2. The Kier molecular flexibility index (Phi) is 8.10. The summed E-state index contributed by atoms with van der Waals surface area (Å²) in [5.41, 5.74) is 5.36. The summed E-state index contributed by atoms with van der Waals surface area (Å²) in [5.74, 6) is 0.887. The number of rotatable bonds is 7. The van der Waals surface area contributed by atoms with Gasteiger partial charge in [0, 0.05) is 60.9 Å². The lowest BCUT2D eigenvalue weighted by molar-refractivity contribution is 0.211. The minimum Gasteiger partial charge on any atom is -0.367 e. The zero-order chi connectivity index (χ0) is 30.8. The van der Waals surface area contributed by atoms with E-state index in [4.69, 9.17) is 10.2 Å². The van der Waals surface area contributed by atoms with E-state index in [1.165, 1.54) is 17.8 Å². The summed E-state index contributed by atoms with van der Waals surface area (Å²) in [4.78, 5) is 28.8. The maximum Gasteiger partial charge on any atom is 0.234 e. The van der Waals surface area contributed by atoms with Crippen molar-refractivity contribution in [3.8, 4) is 34.5 Å². The molecule has 1 saturated heterocycles. The molecule has 6 aromatic rings. The third kappa shape index (κ3) is 6.22. The second-order valence-corrected chi connectivity index (χ2v) is 11.8. The molecule has 5 aromatic heterocycles. The molecule has 7 rings (SSSR count). The van der Waals surface area contributed by atoms with Crippen LogP contribution in [-0.2, 0) is 6.54 Å². The molecule has 45 heavy (non-hydrogen) atoms. The van der Waals surface area contributed by atoms with E-state index >= 15 is 0 Å². The average molecular weight is 709 g/mol. The van der Waals surface area contributed by atoms with Gasteiger partial charge in [-0.3, -0.25) is 9.47 Å². The van der Waals surface area contributed by atoms with Crippen LogP contribution in [0.25, 0.3) is 39.5 Å². The molecule has 0 spiro atoms. The smallest absolute Gasteiger partial charge is 0.234 e. The Bertz CT molecular complexity index is 2010. The molecule has 0 aliphatic carbocycles. The van der Waals surface area contributed by atoms with E-state index in [2.05, 4.69) is 98.7 Å². The summed E-state index contributed by atoms with van der Waals surface area (Å²) < 4.78 is 16.5. The van der Waals surface area contributed by atoms with Crippen LogP contribution in [0.1, 0.15) is 24.2 Å². The van der Waals surface area contributed by atoms with Gasteiger partial charge in [-0.05, 0) is 89.5 Å². The first-order chi connectivity index (χ1) is 22.0. The summed E-state index contributed by atoms with van der Waals surface area (Å²) in [6.45, 7) is 2.76. The SMILES string of the molecule is N#Cc1nccc(NC2CCN(Cc3ccc(-n4c(-c5cccnc5I)cc5cnc(-c6ccc(F)cn6)nc54)cc3)CC2)n1. The number of hydrogen-bond acceptors (Lipinski definition) is 9. The van der Waals surface area contributed by atoms with E-state index < -0.39 is 5.82 Å². The quantitative estimate of drug-likeness (QED) is 0.157. The van der Waals surface area contributed by atoms with Crippen molar-refractivity contribution in [1.29, 1.82) is 5.26 Å². The Morgan fingerprint density at radius 3 is 2.53 bits per heavy atom. The van der Waals surface area contributed by atoms with Crippen LogP contribution in [0.3, 0.4) is 0 Å². The van der Waals surface area contributed by atoms with Crippen molar-refractivity contribution in [3.63, 3.8) is 0 Å². The number of nitrogens with zero attached hydrogens (tertiary/aromatic N) is 9. The van der Waals surface area contributed by atoms with E-state index in [-0.39, 0.29) is 5.82 Å². The van der Waals surface area contributed by atoms with Crippen molar-refractivity contribution in [2.75, 3.05) is 18.4 Å². The lowest BCUT2D eigenvalue weighted by Crippen LogP contribution is -2.38. The van der Waals surface area contributed by atoms with E-state index in [1.54, 1.807) is 30.7 Å². The Morgan fingerprint density at radius 2 is 1.78 bits per heavy atom. The van der Waals surface area contributed by atoms with Gasteiger partial charge in [0.1, 0.15) is 32.7 Å². The first-order valence-corrected chi connectivity index (χ1v) is 15.5. The number of benzene rings is 1. The molecule has 12 heteroatoms. The topological polar surface area (TPSA) is 121 Å². The highest BCUT2D eigenvalue weighted by Crippen LogP contribution is 2.33. The lowest BCUT2D eigenvalue weighted by atomic mass is 10.0. The van der Waals surface area contributed by atoms with Crippen molar-refractivity contribution in [2.24, 2.45) is 0 Å². The molecule has 10 nitrogen and oxygen atoms in total. The monoisotopic (exact) mass is 708 g/mol. The predicted octanol–water partition coefficient (Wildman–Crippen LogP) is 6.03. The fourth-order valence-electron chi connectivity index (χ4n) is 5.60. The lowest BCUT2D eigenvalue weighted by Gasteiger charge is -2.32. The molecular weight excluding hydrogens is 682 g/mol. The molecule has 0 radical (unpaired) electrons. The molecule has 0 bridgehead atoms. The van der Waals surface area contributed by atoms with E-state index in [0.717, 1.165) is 64.2 Å². The molecule has 6 heterocycles. The highest BCUT2D eigenvalue weighted by Gasteiger charge is 2.21. The third-order valence-corrected chi connectivity index (χ3v) is 8.69. The van der Waals surface area contributed by atoms with Gasteiger partial charge in [0.15, 0.2) is 5.82 Å². The standard InChI is InChI=1S/C33H26FIN10/c34-23-5-8-27(39-19-23)32-40-18-22-16-28(26-2-1-12-38-31(26)35)45(33(22)43-32)25-6-3-21(4-7-25)20-44-14-10-24(11-15-44)41-29-9-13-37-30(17-36)42-29/h1-9,12-13,16,18-19,24H,10-11,14-15,20H2,(H,37,41,42). The van der Waals surface area contributed by atoms with Crippen LogP contribution < -0.4 is 5.32 Å². The van der Waals surface area contributed by atoms with Crippen LogP contribution >= 0.6 is 22.6 Å². The molecule has 0 saturated carbocycles. The van der Waals surface area contributed by atoms with E-state index in [9.17, 15) is 4.39 Å². The Labute approximate surface area is 272 Å². The van der Waals surface area contributed by atoms with Crippen molar-refractivity contribution < 1.29 is 4.39 Å². The Morgan fingerprint density at radius 1 is 0.933 bits per heavy atom. The van der Waals surface area contributed by atoms with Crippen LogP contribution in [0.5, 0.6) is 0 Å².